The summed E-state index contributed by atoms with van der Waals surface area (Å²) in [5.74, 6) is 0.881. The molecule has 1 atom stereocenters. The maximum Gasteiger partial charge on any atom is 0.147 e. The molecule has 0 fully saturated rings. The molecule has 0 radical (unpaired) electrons. The maximum absolute atomic E-state index is 4.28. The van der Waals surface area contributed by atoms with Crippen molar-refractivity contribution in [2.24, 2.45) is 0 Å². The van der Waals surface area contributed by atoms with E-state index < -0.39 is 0 Å². The molecule has 3 nitrogen and oxygen atoms in total. The van der Waals surface area contributed by atoms with Gasteiger partial charge in [0.05, 0.1) is 5.69 Å². The van der Waals surface area contributed by atoms with Gasteiger partial charge in [-0.2, -0.15) is 0 Å². The van der Waals surface area contributed by atoms with Crippen LogP contribution in [0, 0.1) is 6.92 Å². The minimum Gasteiger partial charge on any atom is -0.366 e. The minimum absolute atomic E-state index is 0.369. The zero-order chi connectivity index (χ0) is 11.4. The van der Waals surface area contributed by atoms with Gasteiger partial charge in [-0.05, 0) is 25.3 Å². The summed E-state index contributed by atoms with van der Waals surface area (Å²) in [4.78, 5) is 9.87. The Hall–Kier alpha value is -1.42. The Balaban J connectivity index is 1.97. The van der Waals surface area contributed by atoms with Gasteiger partial charge in [0.25, 0.3) is 0 Å². The maximum atomic E-state index is 4.28. The van der Waals surface area contributed by atoms with Gasteiger partial charge in [0.15, 0.2) is 0 Å². The zero-order valence-electron chi connectivity index (χ0n) is 9.47. The molecular weight excluding hydrogens is 218 g/mol. The molecule has 1 unspecified atom stereocenters. The predicted octanol–water partition coefficient (Wildman–Crippen LogP) is 2.89. The van der Waals surface area contributed by atoms with Crippen molar-refractivity contribution in [2.75, 3.05) is 5.32 Å². The third-order valence-corrected chi connectivity index (χ3v) is 3.25. The van der Waals surface area contributed by atoms with E-state index in [4.69, 9.17) is 0 Å². The quantitative estimate of drug-likeness (QED) is 0.882. The predicted molar refractivity (Wildman–Crippen MR) is 67.9 cm³/mol. The van der Waals surface area contributed by atoms with E-state index in [0.717, 1.165) is 17.9 Å². The summed E-state index contributed by atoms with van der Waals surface area (Å²) in [6.07, 6.45) is 4.45. The van der Waals surface area contributed by atoms with Crippen LogP contribution in [-0.2, 0) is 6.42 Å². The lowest BCUT2D eigenvalue weighted by Gasteiger charge is -2.14. The molecule has 2 heterocycles. The van der Waals surface area contributed by atoms with Crippen molar-refractivity contribution >= 4 is 17.2 Å². The van der Waals surface area contributed by atoms with Gasteiger partial charge in [-0.25, -0.2) is 4.98 Å². The lowest BCUT2D eigenvalue weighted by Crippen LogP contribution is -2.19. The van der Waals surface area contributed by atoms with Gasteiger partial charge < -0.3 is 5.32 Å². The summed E-state index contributed by atoms with van der Waals surface area (Å²) in [6.45, 7) is 4.13. The van der Waals surface area contributed by atoms with Crippen LogP contribution in [0.2, 0.25) is 0 Å². The number of aryl methyl sites for hydroxylation is 1. The van der Waals surface area contributed by atoms with Crippen LogP contribution in [0.4, 0.5) is 5.82 Å². The van der Waals surface area contributed by atoms with Crippen molar-refractivity contribution in [3.05, 3.63) is 40.5 Å². The molecule has 0 aliphatic carbocycles. The Labute approximate surface area is 99.6 Å². The fourth-order valence-electron chi connectivity index (χ4n) is 1.56. The van der Waals surface area contributed by atoms with Crippen LogP contribution < -0.4 is 5.32 Å². The van der Waals surface area contributed by atoms with E-state index in [1.165, 1.54) is 4.88 Å². The minimum atomic E-state index is 0.369. The van der Waals surface area contributed by atoms with Gasteiger partial charge in [-0.15, -0.1) is 11.3 Å². The third kappa shape index (κ3) is 2.79. The highest BCUT2D eigenvalue weighted by Gasteiger charge is 2.07. The number of nitrogens with zero attached hydrogens (tertiary/aromatic N) is 2. The summed E-state index contributed by atoms with van der Waals surface area (Å²) in [5.41, 5.74) is 0.945. The normalized spacial score (nSPS) is 12.4. The lowest BCUT2D eigenvalue weighted by molar-refractivity contribution is 0.790. The first-order valence-corrected chi connectivity index (χ1v) is 6.20. The van der Waals surface area contributed by atoms with Crippen LogP contribution in [0.5, 0.6) is 0 Å². The van der Waals surface area contributed by atoms with Crippen LogP contribution in [0.25, 0.3) is 0 Å². The van der Waals surface area contributed by atoms with Gasteiger partial charge in [0.2, 0.25) is 0 Å². The first kappa shape index (κ1) is 11.1. The smallest absolute Gasteiger partial charge is 0.147 e. The van der Waals surface area contributed by atoms with Crippen molar-refractivity contribution in [3.63, 3.8) is 0 Å². The largest absolute Gasteiger partial charge is 0.366 e. The second-order valence-corrected chi connectivity index (χ2v) is 4.85. The zero-order valence-corrected chi connectivity index (χ0v) is 10.3. The summed E-state index contributed by atoms with van der Waals surface area (Å²) in [6, 6.07) is 4.61. The molecule has 2 aromatic rings. The number of nitrogens with one attached hydrogen (secondary N) is 1. The van der Waals surface area contributed by atoms with Crippen LogP contribution in [0.3, 0.4) is 0 Å². The average molecular weight is 233 g/mol. The molecule has 0 amide bonds. The molecule has 16 heavy (non-hydrogen) atoms. The van der Waals surface area contributed by atoms with E-state index in [1.54, 1.807) is 23.7 Å². The Morgan fingerprint density at radius 1 is 1.38 bits per heavy atom. The van der Waals surface area contributed by atoms with Gasteiger partial charge in [-0.3, -0.25) is 4.98 Å². The number of thiophene rings is 1. The van der Waals surface area contributed by atoms with E-state index in [0.29, 0.717) is 6.04 Å². The molecule has 0 saturated heterocycles. The van der Waals surface area contributed by atoms with Gasteiger partial charge in [0, 0.05) is 29.7 Å². The fourth-order valence-corrected chi connectivity index (χ4v) is 2.40. The molecule has 4 heteroatoms. The number of anilines is 1. The van der Waals surface area contributed by atoms with Gasteiger partial charge in [-0.1, -0.05) is 6.07 Å². The van der Waals surface area contributed by atoms with Crippen molar-refractivity contribution in [2.45, 2.75) is 26.3 Å². The van der Waals surface area contributed by atoms with Crippen LogP contribution >= 0.6 is 11.3 Å². The molecule has 0 aromatic carbocycles. The molecule has 84 valence electrons. The second kappa shape index (κ2) is 5.07. The Morgan fingerprint density at radius 2 is 2.19 bits per heavy atom. The lowest BCUT2D eigenvalue weighted by atomic mass is 10.2. The van der Waals surface area contributed by atoms with E-state index >= 15 is 0 Å². The SMILES string of the molecule is Cc1nccnc1NC(C)Cc1cccs1. The van der Waals surface area contributed by atoms with Crippen LogP contribution in [0.1, 0.15) is 17.5 Å². The van der Waals surface area contributed by atoms with E-state index in [-0.39, 0.29) is 0 Å². The highest BCUT2D eigenvalue weighted by molar-refractivity contribution is 7.09. The highest BCUT2D eigenvalue weighted by Crippen LogP contribution is 2.14. The fraction of sp³-hybridized carbons (Fsp3) is 0.333. The molecule has 2 rings (SSSR count). The number of aromatic nitrogens is 2. The molecule has 0 aliphatic heterocycles. The highest BCUT2D eigenvalue weighted by atomic mass is 32.1. The summed E-state index contributed by atoms with van der Waals surface area (Å²) in [7, 11) is 0. The Bertz CT molecular complexity index is 439. The second-order valence-electron chi connectivity index (χ2n) is 3.82. The van der Waals surface area contributed by atoms with Crippen molar-refractivity contribution in [3.8, 4) is 0 Å². The van der Waals surface area contributed by atoms with Crippen LogP contribution in [-0.4, -0.2) is 16.0 Å². The molecule has 1 N–H and O–H groups in total. The average Bonchev–Trinajstić information content (AvgIpc) is 2.74. The molecule has 0 aliphatic rings. The first-order valence-electron chi connectivity index (χ1n) is 5.32. The molecule has 0 spiro atoms. The molecule has 2 aromatic heterocycles. The summed E-state index contributed by atoms with van der Waals surface area (Å²) >= 11 is 1.79. The Kier molecular flexibility index (Phi) is 3.51. The Morgan fingerprint density at radius 3 is 2.88 bits per heavy atom. The standard InChI is InChI=1S/C12H15N3S/c1-9(8-11-4-3-7-16-11)15-12-10(2)13-5-6-14-12/h3-7,9H,8H2,1-2H3,(H,14,15). The summed E-state index contributed by atoms with van der Waals surface area (Å²) < 4.78 is 0. The molecule has 0 saturated carbocycles. The van der Waals surface area contributed by atoms with Gasteiger partial charge >= 0.3 is 0 Å². The number of hydrogen-bond acceptors (Lipinski definition) is 4. The van der Waals surface area contributed by atoms with E-state index in [1.807, 2.05) is 6.92 Å². The first-order chi connectivity index (χ1) is 7.75. The monoisotopic (exact) mass is 233 g/mol. The third-order valence-electron chi connectivity index (χ3n) is 2.35. The van der Waals surface area contributed by atoms with Crippen LogP contribution in [0.15, 0.2) is 29.9 Å². The molecule has 0 bridgehead atoms. The van der Waals surface area contributed by atoms with Crippen molar-refractivity contribution < 1.29 is 0 Å². The van der Waals surface area contributed by atoms with E-state index in [9.17, 15) is 0 Å². The van der Waals surface area contributed by atoms with Gasteiger partial charge in [0.1, 0.15) is 5.82 Å². The number of rotatable bonds is 4. The summed E-state index contributed by atoms with van der Waals surface area (Å²) in [5, 5.41) is 5.49. The van der Waals surface area contributed by atoms with E-state index in [2.05, 4.69) is 39.7 Å². The topological polar surface area (TPSA) is 37.8 Å². The van der Waals surface area contributed by atoms with Crippen molar-refractivity contribution in [1.29, 1.82) is 0 Å². The molecular formula is C12H15N3S. The number of hydrogen-bond donors (Lipinski definition) is 1. The van der Waals surface area contributed by atoms with Crippen molar-refractivity contribution in [1.82, 2.24) is 9.97 Å².